The van der Waals surface area contributed by atoms with E-state index in [4.69, 9.17) is 0 Å². The minimum absolute atomic E-state index is 0.175. The number of nitrogens with zero attached hydrogens (tertiary/aromatic N) is 1. The zero-order valence-corrected chi connectivity index (χ0v) is 11.5. The summed E-state index contributed by atoms with van der Waals surface area (Å²) in [5.74, 6) is -0.926. The predicted octanol–water partition coefficient (Wildman–Crippen LogP) is 2.26. The number of hydrogen-bond acceptors (Lipinski definition) is 3. The zero-order valence-electron chi connectivity index (χ0n) is 11.5. The number of carbonyl (C=O) groups is 1. The van der Waals surface area contributed by atoms with E-state index in [2.05, 4.69) is 10.3 Å². The van der Waals surface area contributed by atoms with Gasteiger partial charge in [-0.05, 0) is 31.5 Å². The highest BCUT2D eigenvalue weighted by atomic mass is 19.1. The van der Waals surface area contributed by atoms with Gasteiger partial charge in [0.1, 0.15) is 5.82 Å². The molecular formula is C15H17FN2O2. The number of aliphatic hydroxyl groups excluding tert-OH is 1. The van der Waals surface area contributed by atoms with Crippen LogP contribution < -0.4 is 5.32 Å². The van der Waals surface area contributed by atoms with Gasteiger partial charge in [0.05, 0.1) is 23.2 Å². The third-order valence-corrected chi connectivity index (χ3v) is 3.46. The highest BCUT2D eigenvalue weighted by Gasteiger charge is 2.25. The van der Waals surface area contributed by atoms with E-state index in [0.29, 0.717) is 17.3 Å². The van der Waals surface area contributed by atoms with Crippen LogP contribution in [0.2, 0.25) is 0 Å². The van der Waals surface area contributed by atoms with Gasteiger partial charge in [-0.15, -0.1) is 0 Å². The van der Waals surface area contributed by atoms with Crippen LogP contribution in [0.1, 0.15) is 30.6 Å². The zero-order chi connectivity index (χ0) is 14.8. The van der Waals surface area contributed by atoms with Crippen LogP contribution >= 0.6 is 0 Å². The average molecular weight is 276 g/mol. The molecule has 0 spiro atoms. The molecule has 2 N–H and O–H groups in total. The minimum atomic E-state index is -0.732. The van der Waals surface area contributed by atoms with Crippen LogP contribution in [0.3, 0.4) is 0 Å². The van der Waals surface area contributed by atoms with E-state index >= 15 is 0 Å². The van der Waals surface area contributed by atoms with Crippen molar-refractivity contribution in [3.8, 4) is 0 Å². The van der Waals surface area contributed by atoms with Crippen molar-refractivity contribution in [3.63, 3.8) is 0 Å². The fourth-order valence-corrected chi connectivity index (χ4v) is 1.91. The number of rotatable bonds is 4. The molecule has 0 saturated carbocycles. The molecule has 0 fully saturated rings. The van der Waals surface area contributed by atoms with E-state index in [1.165, 1.54) is 6.07 Å². The van der Waals surface area contributed by atoms with Gasteiger partial charge in [-0.1, -0.05) is 13.0 Å². The van der Waals surface area contributed by atoms with E-state index in [1.807, 2.05) is 6.92 Å². The molecule has 0 saturated heterocycles. The summed E-state index contributed by atoms with van der Waals surface area (Å²) in [6, 6.07) is 5.89. The Morgan fingerprint density at radius 1 is 1.50 bits per heavy atom. The highest BCUT2D eigenvalue weighted by molar-refractivity contribution is 6.05. The van der Waals surface area contributed by atoms with E-state index in [9.17, 15) is 14.3 Å². The molecule has 0 bridgehead atoms. The van der Waals surface area contributed by atoms with E-state index in [1.54, 1.807) is 25.3 Å². The Bertz CT molecular complexity index is 639. The van der Waals surface area contributed by atoms with Gasteiger partial charge < -0.3 is 10.4 Å². The van der Waals surface area contributed by atoms with Gasteiger partial charge in [0, 0.05) is 11.6 Å². The molecule has 20 heavy (non-hydrogen) atoms. The number of benzene rings is 1. The molecule has 2 rings (SSSR count). The second-order valence-electron chi connectivity index (χ2n) is 5.05. The molecule has 0 unspecified atom stereocenters. The minimum Gasteiger partial charge on any atom is -0.394 e. The number of aromatic nitrogens is 1. The van der Waals surface area contributed by atoms with Crippen molar-refractivity contribution in [3.05, 3.63) is 41.8 Å². The molecule has 4 nitrogen and oxygen atoms in total. The molecule has 0 aliphatic heterocycles. The molecule has 1 aromatic heterocycles. The lowest BCUT2D eigenvalue weighted by Gasteiger charge is -2.27. The number of halogens is 1. The maximum Gasteiger partial charge on any atom is 0.254 e. The Morgan fingerprint density at radius 3 is 2.90 bits per heavy atom. The number of nitrogens with one attached hydrogen (secondary N) is 1. The first kappa shape index (κ1) is 14.4. The molecule has 2 aromatic rings. The van der Waals surface area contributed by atoms with Gasteiger partial charge >= 0.3 is 0 Å². The molecule has 1 aromatic carbocycles. The molecule has 0 aliphatic carbocycles. The molecule has 0 radical (unpaired) electrons. The second kappa shape index (κ2) is 5.54. The number of amides is 1. The lowest BCUT2D eigenvalue weighted by atomic mass is 9.99. The van der Waals surface area contributed by atoms with Crippen LogP contribution in [0.4, 0.5) is 4.39 Å². The van der Waals surface area contributed by atoms with Gasteiger partial charge in [0.2, 0.25) is 0 Å². The Kier molecular flexibility index (Phi) is 3.99. The van der Waals surface area contributed by atoms with Crippen molar-refractivity contribution < 1.29 is 14.3 Å². The van der Waals surface area contributed by atoms with Gasteiger partial charge in [-0.2, -0.15) is 0 Å². The normalized spacial score (nSPS) is 14.0. The Balaban J connectivity index is 2.44. The van der Waals surface area contributed by atoms with Crippen LogP contribution in [0.25, 0.3) is 10.9 Å². The molecular weight excluding hydrogens is 259 g/mol. The molecule has 106 valence electrons. The monoisotopic (exact) mass is 276 g/mol. The summed E-state index contributed by atoms with van der Waals surface area (Å²) in [5.41, 5.74) is -0.110. The molecule has 0 aliphatic rings. The first-order valence-corrected chi connectivity index (χ1v) is 6.47. The third kappa shape index (κ3) is 2.77. The van der Waals surface area contributed by atoms with Gasteiger partial charge in [-0.25, -0.2) is 4.39 Å². The van der Waals surface area contributed by atoms with Crippen molar-refractivity contribution in [1.82, 2.24) is 10.3 Å². The average Bonchev–Trinajstić information content (AvgIpc) is 2.46. The summed E-state index contributed by atoms with van der Waals surface area (Å²) in [7, 11) is 0. The van der Waals surface area contributed by atoms with Crippen LogP contribution in [-0.4, -0.2) is 28.1 Å². The molecule has 5 heteroatoms. The molecule has 1 amide bonds. The van der Waals surface area contributed by atoms with Crippen molar-refractivity contribution in [2.24, 2.45) is 0 Å². The third-order valence-electron chi connectivity index (χ3n) is 3.46. The predicted molar refractivity (Wildman–Crippen MR) is 74.9 cm³/mol. The summed E-state index contributed by atoms with van der Waals surface area (Å²) in [6.45, 7) is 3.41. The summed E-state index contributed by atoms with van der Waals surface area (Å²) in [4.78, 5) is 16.5. The summed E-state index contributed by atoms with van der Waals surface area (Å²) in [5, 5.41) is 12.6. The van der Waals surface area contributed by atoms with E-state index < -0.39 is 17.3 Å². The summed E-state index contributed by atoms with van der Waals surface area (Å²) in [6.07, 6.45) is 2.12. The topological polar surface area (TPSA) is 62.2 Å². The van der Waals surface area contributed by atoms with Crippen molar-refractivity contribution in [1.29, 1.82) is 0 Å². The Morgan fingerprint density at radius 2 is 2.25 bits per heavy atom. The first-order chi connectivity index (χ1) is 9.49. The van der Waals surface area contributed by atoms with Crippen LogP contribution in [0.15, 0.2) is 30.5 Å². The van der Waals surface area contributed by atoms with Crippen LogP contribution in [0.5, 0.6) is 0 Å². The van der Waals surface area contributed by atoms with Gasteiger partial charge in [-0.3, -0.25) is 9.78 Å². The number of carbonyl (C=O) groups excluding carboxylic acids is 1. The largest absolute Gasteiger partial charge is 0.394 e. The first-order valence-electron chi connectivity index (χ1n) is 6.47. The SMILES string of the molecule is CC[C@@](C)(CO)NC(=O)c1cc(F)cc2cccnc12. The quantitative estimate of drug-likeness (QED) is 0.900. The molecule has 1 heterocycles. The van der Waals surface area contributed by atoms with Gasteiger partial charge in [0.25, 0.3) is 5.91 Å². The summed E-state index contributed by atoms with van der Waals surface area (Å²) < 4.78 is 13.6. The van der Waals surface area contributed by atoms with Crippen molar-refractivity contribution in [2.45, 2.75) is 25.8 Å². The summed E-state index contributed by atoms with van der Waals surface area (Å²) >= 11 is 0. The van der Waals surface area contributed by atoms with Crippen molar-refractivity contribution in [2.75, 3.05) is 6.61 Å². The fourth-order valence-electron chi connectivity index (χ4n) is 1.91. The number of hydrogen-bond donors (Lipinski definition) is 2. The van der Waals surface area contributed by atoms with Crippen LogP contribution in [-0.2, 0) is 0 Å². The van der Waals surface area contributed by atoms with Crippen LogP contribution in [0, 0.1) is 5.82 Å². The lowest BCUT2D eigenvalue weighted by Crippen LogP contribution is -2.48. The van der Waals surface area contributed by atoms with E-state index in [0.717, 1.165) is 6.07 Å². The van der Waals surface area contributed by atoms with Crippen molar-refractivity contribution >= 4 is 16.8 Å². The maximum atomic E-state index is 13.6. The highest BCUT2D eigenvalue weighted by Crippen LogP contribution is 2.19. The molecule has 1 atom stereocenters. The van der Waals surface area contributed by atoms with E-state index in [-0.39, 0.29) is 12.2 Å². The second-order valence-corrected chi connectivity index (χ2v) is 5.05. The number of fused-ring (bicyclic) bond motifs is 1. The number of aliphatic hydroxyl groups is 1. The Hall–Kier alpha value is -2.01. The van der Waals surface area contributed by atoms with Gasteiger partial charge in [0.15, 0.2) is 0 Å². The Labute approximate surface area is 116 Å². The number of pyridine rings is 1. The fraction of sp³-hybridized carbons (Fsp3) is 0.333. The smallest absolute Gasteiger partial charge is 0.254 e. The lowest BCUT2D eigenvalue weighted by molar-refractivity contribution is 0.0848. The standard InChI is InChI=1S/C15H17FN2O2/c1-3-15(2,9-19)18-14(20)12-8-11(16)7-10-5-4-6-17-13(10)12/h4-8,19H,3,9H2,1-2H3,(H,18,20)/t15-/m0/s1. The maximum absolute atomic E-state index is 13.6.